The lowest BCUT2D eigenvalue weighted by atomic mass is 10.2. The summed E-state index contributed by atoms with van der Waals surface area (Å²) < 4.78 is 6.21. The van der Waals surface area contributed by atoms with Crippen LogP contribution >= 0.6 is 11.8 Å². The fourth-order valence-electron chi connectivity index (χ4n) is 2.45. The minimum absolute atomic E-state index is 0.0311. The Hall–Kier alpha value is -3.40. The van der Waals surface area contributed by atoms with E-state index in [-0.39, 0.29) is 10.6 Å². The van der Waals surface area contributed by atoms with Crippen molar-refractivity contribution in [2.24, 2.45) is 0 Å². The van der Waals surface area contributed by atoms with E-state index in [1.165, 1.54) is 25.3 Å². The number of ether oxygens (including phenoxy) is 1. The number of esters is 1. The van der Waals surface area contributed by atoms with Gasteiger partial charge in [0.05, 0.1) is 16.9 Å². The van der Waals surface area contributed by atoms with E-state index in [1.54, 1.807) is 35.0 Å². The fourth-order valence-corrected chi connectivity index (χ4v) is 3.27. The molecule has 1 aliphatic rings. The second-order valence-electron chi connectivity index (χ2n) is 5.42. The van der Waals surface area contributed by atoms with Crippen LogP contribution in [0.4, 0.5) is 10.5 Å². The summed E-state index contributed by atoms with van der Waals surface area (Å²) in [7, 11) is 1.17. The third kappa shape index (κ3) is 3.75. The standard InChI is InChI=1S/C17H13N3O6S/c1-26-15(21)10-19-16(22)14(27-17(19)23)9-13-3-2-8-18(13)11-4-6-12(7-5-11)20(24)25/h2-9H,10H2,1H3. The summed E-state index contributed by atoms with van der Waals surface area (Å²) in [4.78, 5) is 47.0. The maximum absolute atomic E-state index is 12.4. The molecule has 0 spiro atoms. The van der Waals surface area contributed by atoms with E-state index in [0.717, 1.165) is 16.7 Å². The van der Waals surface area contributed by atoms with E-state index >= 15 is 0 Å². The van der Waals surface area contributed by atoms with Crippen LogP contribution in [0.3, 0.4) is 0 Å². The van der Waals surface area contributed by atoms with Gasteiger partial charge < -0.3 is 9.30 Å². The molecule has 0 saturated carbocycles. The summed E-state index contributed by atoms with van der Waals surface area (Å²) >= 11 is 0.731. The average molecular weight is 387 g/mol. The van der Waals surface area contributed by atoms with Gasteiger partial charge in [-0.25, -0.2) is 0 Å². The first kappa shape index (κ1) is 18.4. The van der Waals surface area contributed by atoms with Crippen molar-refractivity contribution in [1.29, 1.82) is 0 Å². The number of non-ortho nitro benzene ring substituents is 1. The van der Waals surface area contributed by atoms with Gasteiger partial charge >= 0.3 is 5.97 Å². The van der Waals surface area contributed by atoms with Crippen molar-refractivity contribution in [1.82, 2.24) is 9.47 Å². The number of amides is 2. The summed E-state index contributed by atoms with van der Waals surface area (Å²) in [5, 5.41) is 10.2. The van der Waals surface area contributed by atoms with Gasteiger partial charge in [0.1, 0.15) is 6.54 Å². The molecule has 2 heterocycles. The maximum atomic E-state index is 12.4. The number of nitro benzene ring substituents is 1. The minimum Gasteiger partial charge on any atom is -0.468 e. The van der Waals surface area contributed by atoms with E-state index < -0.39 is 28.6 Å². The van der Waals surface area contributed by atoms with Crippen LogP contribution in [0.2, 0.25) is 0 Å². The predicted molar refractivity (Wildman–Crippen MR) is 97.1 cm³/mol. The predicted octanol–water partition coefficient (Wildman–Crippen LogP) is 2.59. The molecule has 1 aromatic heterocycles. The second kappa shape index (κ2) is 7.46. The molecule has 2 aromatic rings. The highest BCUT2D eigenvalue weighted by molar-refractivity contribution is 8.18. The second-order valence-corrected chi connectivity index (χ2v) is 6.41. The van der Waals surface area contributed by atoms with E-state index in [4.69, 9.17) is 0 Å². The number of thioether (sulfide) groups is 1. The number of nitro groups is 1. The number of carbonyl (C=O) groups excluding carboxylic acids is 3. The Bertz CT molecular complexity index is 963. The molecule has 1 aliphatic heterocycles. The van der Waals surface area contributed by atoms with E-state index in [1.807, 2.05) is 0 Å². The molecule has 1 aromatic carbocycles. The van der Waals surface area contributed by atoms with Crippen molar-refractivity contribution in [3.05, 3.63) is 63.3 Å². The molecular formula is C17H13N3O6S. The Kier molecular flexibility index (Phi) is 5.08. The van der Waals surface area contributed by atoms with Gasteiger partial charge in [0.2, 0.25) is 0 Å². The molecule has 9 nitrogen and oxygen atoms in total. The monoisotopic (exact) mass is 387 g/mol. The first-order valence-electron chi connectivity index (χ1n) is 7.65. The summed E-state index contributed by atoms with van der Waals surface area (Å²) in [5.74, 6) is -1.26. The number of hydrogen-bond acceptors (Lipinski definition) is 7. The van der Waals surface area contributed by atoms with Crippen LogP contribution < -0.4 is 0 Å². The number of aromatic nitrogens is 1. The normalized spacial score (nSPS) is 15.4. The topological polar surface area (TPSA) is 112 Å². The lowest BCUT2D eigenvalue weighted by Gasteiger charge is -2.10. The average Bonchev–Trinajstić information content (AvgIpc) is 3.22. The van der Waals surface area contributed by atoms with E-state index in [0.29, 0.717) is 11.4 Å². The highest BCUT2D eigenvalue weighted by atomic mass is 32.2. The number of rotatable bonds is 5. The van der Waals surface area contributed by atoms with Crippen LogP contribution in [0.5, 0.6) is 0 Å². The summed E-state index contributed by atoms with van der Waals surface area (Å²) in [5.41, 5.74) is 1.23. The zero-order valence-corrected chi connectivity index (χ0v) is 14.8. The number of benzene rings is 1. The highest BCUT2D eigenvalue weighted by Crippen LogP contribution is 2.32. The van der Waals surface area contributed by atoms with Crippen LogP contribution in [0.25, 0.3) is 11.8 Å². The van der Waals surface area contributed by atoms with Crippen molar-refractivity contribution in [2.75, 3.05) is 13.7 Å². The van der Waals surface area contributed by atoms with Crippen molar-refractivity contribution in [3.63, 3.8) is 0 Å². The molecule has 0 atom stereocenters. The van der Waals surface area contributed by atoms with Crippen LogP contribution in [0.1, 0.15) is 5.69 Å². The first-order valence-corrected chi connectivity index (χ1v) is 8.46. The Morgan fingerprint density at radius 1 is 1.26 bits per heavy atom. The van der Waals surface area contributed by atoms with Gasteiger partial charge in [0.15, 0.2) is 0 Å². The van der Waals surface area contributed by atoms with E-state index in [2.05, 4.69) is 4.74 Å². The van der Waals surface area contributed by atoms with Crippen LogP contribution in [0, 0.1) is 10.1 Å². The van der Waals surface area contributed by atoms with Gasteiger partial charge in [0, 0.05) is 29.7 Å². The van der Waals surface area contributed by atoms with Gasteiger partial charge in [-0.1, -0.05) is 0 Å². The number of carbonyl (C=O) groups is 3. The zero-order valence-electron chi connectivity index (χ0n) is 14.0. The molecule has 0 unspecified atom stereocenters. The molecule has 0 radical (unpaired) electrons. The minimum atomic E-state index is -0.687. The van der Waals surface area contributed by atoms with Crippen molar-refractivity contribution < 1.29 is 24.0 Å². The summed E-state index contributed by atoms with van der Waals surface area (Å²) in [6.45, 7) is -0.443. The number of hydrogen-bond donors (Lipinski definition) is 0. The van der Waals surface area contributed by atoms with Gasteiger partial charge in [-0.2, -0.15) is 0 Å². The quantitative estimate of drug-likeness (QED) is 0.335. The molecule has 1 fully saturated rings. The van der Waals surface area contributed by atoms with Crippen molar-refractivity contribution in [3.8, 4) is 5.69 Å². The molecule has 27 heavy (non-hydrogen) atoms. The maximum Gasteiger partial charge on any atom is 0.325 e. The van der Waals surface area contributed by atoms with Gasteiger partial charge in [-0.3, -0.25) is 29.4 Å². The molecule has 0 bridgehead atoms. The SMILES string of the molecule is COC(=O)CN1C(=O)SC(=Cc2cccn2-c2ccc([N+](=O)[O-])cc2)C1=O. The molecule has 0 aliphatic carbocycles. The molecule has 3 rings (SSSR count). The Morgan fingerprint density at radius 3 is 2.59 bits per heavy atom. The number of methoxy groups -OCH3 is 1. The van der Waals surface area contributed by atoms with Gasteiger partial charge in [-0.05, 0) is 42.1 Å². The van der Waals surface area contributed by atoms with Crippen LogP contribution in [0.15, 0.2) is 47.5 Å². The number of imide groups is 1. The molecule has 1 saturated heterocycles. The molecule has 2 amide bonds. The lowest BCUT2D eigenvalue weighted by Crippen LogP contribution is -2.34. The highest BCUT2D eigenvalue weighted by Gasteiger charge is 2.36. The fraction of sp³-hybridized carbons (Fsp3) is 0.118. The summed E-state index contributed by atoms with van der Waals surface area (Å²) in [6, 6.07) is 9.39. The molecule has 0 N–H and O–H groups in total. The third-order valence-corrected chi connectivity index (χ3v) is 4.69. The third-order valence-electron chi connectivity index (χ3n) is 3.79. The van der Waals surface area contributed by atoms with Crippen LogP contribution in [-0.4, -0.2) is 45.2 Å². The summed E-state index contributed by atoms with van der Waals surface area (Å²) in [6.07, 6.45) is 3.26. The van der Waals surface area contributed by atoms with Gasteiger partial charge in [0.25, 0.3) is 16.8 Å². The molecule has 138 valence electrons. The number of nitrogens with zero attached hydrogens (tertiary/aromatic N) is 3. The van der Waals surface area contributed by atoms with Crippen LogP contribution in [-0.2, 0) is 14.3 Å². The van der Waals surface area contributed by atoms with E-state index in [9.17, 15) is 24.5 Å². The van der Waals surface area contributed by atoms with Crippen molar-refractivity contribution >= 4 is 40.6 Å². The smallest absolute Gasteiger partial charge is 0.325 e. The lowest BCUT2D eigenvalue weighted by molar-refractivity contribution is -0.384. The first-order chi connectivity index (χ1) is 12.9. The van der Waals surface area contributed by atoms with Gasteiger partial charge in [-0.15, -0.1) is 0 Å². The Labute approximate surface area is 157 Å². The Morgan fingerprint density at radius 2 is 1.96 bits per heavy atom. The Balaban J connectivity index is 1.88. The zero-order chi connectivity index (χ0) is 19.6. The van der Waals surface area contributed by atoms with Crippen molar-refractivity contribution in [2.45, 2.75) is 0 Å². The molecule has 10 heteroatoms. The molecular weight excluding hydrogens is 374 g/mol. The largest absolute Gasteiger partial charge is 0.468 e.